The van der Waals surface area contributed by atoms with Crippen LogP contribution in [0.1, 0.15) is 0 Å². The van der Waals surface area contributed by atoms with Crippen molar-refractivity contribution in [3.8, 4) is 11.1 Å². The molecule has 3 N–H and O–H groups in total. The summed E-state index contributed by atoms with van der Waals surface area (Å²) in [7, 11) is 2.00. The van der Waals surface area contributed by atoms with Crippen molar-refractivity contribution in [2.45, 2.75) is 6.04 Å². The lowest BCUT2D eigenvalue weighted by atomic mass is 10.0. The van der Waals surface area contributed by atoms with Crippen LogP contribution in [0.2, 0.25) is 5.02 Å². The molecule has 2 aromatic carbocycles. The van der Waals surface area contributed by atoms with E-state index in [1.54, 1.807) is 0 Å². The summed E-state index contributed by atoms with van der Waals surface area (Å²) < 4.78 is 0. The Hall–Kier alpha value is -1.71. The number of nitrogen functional groups attached to an aromatic ring is 1. The molecule has 0 atom stereocenters. The summed E-state index contributed by atoms with van der Waals surface area (Å²) >= 11 is 6.06. The zero-order valence-electron chi connectivity index (χ0n) is 11.4. The number of hydrogen-bond acceptors (Lipinski definition) is 3. The van der Waals surface area contributed by atoms with Crippen molar-refractivity contribution >= 4 is 23.0 Å². The van der Waals surface area contributed by atoms with Gasteiger partial charge in [-0.3, -0.25) is 0 Å². The Bertz CT molecular complexity index is 621. The Kier molecular flexibility index (Phi) is 3.55. The van der Waals surface area contributed by atoms with Crippen molar-refractivity contribution in [3.05, 3.63) is 47.5 Å². The lowest BCUT2D eigenvalue weighted by Gasteiger charge is -2.41. The topological polar surface area (TPSA) is 41.3 Å². The number of benzene rings is 2. The van der Waals surface area contributed by atoms with Gasteiger partial charge in [0.1, 0.15) is 0 Å². The molecule has 0 aromatic heterocycles. The largest absolute Gasteiger partial charge is 0.399 e. The van der Waals surface area contributed by atoms with E-state index < -0.39 is 0 Å². The molecule has 2 aromatic rings. The monoisotopic (exact) mass is 287 g/mol. The quantitative estimate of drug-likeness (QED) is 0.853. The number of nitrogens with one attached hydrogen (secondary N) is 1. The highest BCUT2D eigenvalue weighted by molar-refractivity contribution is 6.30. The number of likely N-dealkylation sites (N-methyl/N-ethyl adjacent to an activating group) is 1. The molecule has 104 valence electrons. The normalized spacial score (nSPS) is 15.2. The Morgan fingerprint density at radius 1 is 1.15 bits per heavy atom. The molecule has 1 saturated heterocycles. The van der Waals surface area contributed by atoms with E-state index in [0.717, 1.165) is 34.9 Å². The van der Waals surface area contributed by atoms with Gasteiger partial charge in [-0.25, -0.2) is 0 Å². The molecule has 0 amide bonds. The van der Waals surface area contributed by atoms with Gasteiger partial charge in [-0.15, -0.1) is 0 Å². The highest BCUT2D eigenvalue weighted by atomic mass is 35.5. The molecule has 0 saturated carbocycles. The van der Waals surface area contributed by atoms with Crippen LogP contribution < -0.4 is 16.0 Å². The first-order chi connectivity index (χ1) is 9.65. The van der Waals surface area contributed by atoms with Gasteiger partial charge in [-0.05, 0) is 48.5 Å². The molecule has 0 aliphatic carbocycles. The van der Waals surface area contributed by atoms with E-state index >= 15 is 0 Å². The van der Waals surface area contributed by atoms with E-state index in [1.165, 1.54) is 5.69 Å². The number of nitrogens with two attached hydrogens (primary N) is 1. The molecule has 20 heavy (non-hydrogen) atoms. The maximum absolute atomic E-state index is 6.06. The number of halogens is 1. The molecule has 1 aliphatic rings. The molecule has 1 fully saturated rings. The second-order valence-electron chi connectivity index (χ2n) is 5.21. The predicted octanol–water partition coefficient (Wildman–Crippen LogP) is 3.00. The Morgan fingerprint density at radius 3 is 2.65 bits per heavy atom. The summed E-state index contributed by atoms with van der Waals surface area (Å²) in [5.74, 6) is 0. The van der Waals surface area contributed by atoms with Crippen LogP contribution in [-0.4, -0.2) is 26.2 Å². The van der Waals surface area contributed by atoms with Gasteiger partial charge in [0.15, 0.2) is 0 Å². The summed E-state index contributed by atoms with van der Waals surface area (Å²) in [5.41, 5.74) is 10.2. The molecule has 1 aliphatic heterocycles. The third-order valence-corrected chi connectivity index (χ3v) is 3.99. The van der Waals surface area contributed by atoms with Gasteiger partial charge in [-0.2, -0.15) is 0 Å². The van der Waals surface area contributed by atoms with Crippen LogP contribution in [0.5, 0.6) is 0 Å². The zero-order chi connectivity index (χ0) is 14.1. The fourth-order valence-corrected chi connectivity index (χ4v) is 2.71. The van der Waals surface area contributed by atoms with Gasteiger partial charge < -0.3 is 16.0 Å². The van der Waals surface area contributed by atoms with Crippen LogP contribution in [0.25, 0.3) is 11.1 Å². The van der Waals surface area contributed by atoms with Crippen molar-refractivity contribution in [2.24, 2.45) is 0 Å². The molecule has 1 heterocycles. The average Bonchev–Trinajstić information content (AvgIpc) is 2.37. The SMILES string of the molecule is CNC1CN(c2cc(N)cc(-c3cccc(Cl)c3)c2)C1. The highest BCUT2D eigenvalue weighted by Gasteiger charge is 2.25. The molecule has 0 radical (unpaired) electrons. The van der Waals surface area contributed by atoms with Crippen LogP contribution in [0.3, 0.4) is 0 Å². The fourth-order valence-electron chi connectivity index (χ4n) is 2.52. The van der Waals surface area contributed by atoms with Crippen molar-refractivity contribution < 1.29 is 0 Å². The highest BCUT2D eigenvalue weighted by Crippen LogP contribution is 2.31. The molecule has 0 spiro atoms. The molecule has 3 rings (SSSR count). The lowest BCUT2D eigenvalue weighted by molar-refractivity contribution is 0.450. The van der Waals surface area contributed by atoms with Crippen LogP contribution in [-0.2, 0) is 0 Å². The van der Waals surface area contributed by atoms with Crippen LogP contribution >= 0.6 is 11.6 Å². The lowest BCUT2D eigenvalue weighted by Crippen LogP contribution is -2.57. The Morgan fingerprint density at radius 2 is 1.95 bits per heavy atom. The standard InChI is InChI=1S/C16H18ClN3/c1-19-15-9-20(10-15)16-7-12(6-14(18)8-16)11-3-2-4-13(17)5-11/h2-8,15,19H,9-10,18H2,1H3. The first kappa shape index (κ1) is 13.3. The van der Waals surface area contributed by atoms with Crippen molar-refractivity contribution in [2.75, 3.05) is 30.8 Å². The minimum absolute atomic E-state index is 0.575. The van der Waals surface area contributed by atoms with Gasteiger partial charge >= 0.3 is 0 Å². The summed E-state index contributed by atoms with van der Waals surface area (Å²) in [6.45, 7) is 2.05. The summed E-state index contributed by atoms with van der Waals surface area (Å²) in [6.07, 6.45) is 0. The fraction of sp³-hybridized carbons (Fsp3) is 0.250. The van der Waals surface area contributed by atoms with Crippen LogP contribution in [0, 0.1) is 0 Å². The molecule has 0 bridgehead atoms. The third kappa shape index (κ3) is 2.60. The van der Waals surface area contributed by atoms with Crippen LogP contribution in [0.15, 0.2) is 42.5 Å². The van der Waals surface area contributed by atoms with E-state index in [1.807, 2.05) is 37.4 Å². The van der Waals surface area contributed by atoms with Gasteiger partial charge in [-0.1, -0.05) is 23.7 Å². The first-order valence-electron chi connectivity index (χ1n) is 6.74. The van der Waals surface area contributed by atoms with Gasteiger partial charge in [0.05, 0.1) is 0 Å². The second-order valence-corrected chi connectivity index (χ2v) is 5.65. The summed E-state index contributed by atoms with van der Waals surface area (Å²) in [4.78, 5) is 2.32. The summed E-state index contributed by atoms with van der Waals surface area (Å²) in [5, 5.41) is 4.02. The Balaban J connectivity index is 1.91. The number of anilines is 2. The molecule has 3 nitrogen and oxygen atoms in total. The zero-order valence-corrected chi connectivity index (χ0v) is 12.2. The minimum Gasteiger partial charge on any atom is -0.399 e. The minimum atomic E-state index is 0.575. The third-order valence-electron chi connectivity index (χ3n) is 3.75. The maximum atomic E-state index is 6.06. The summed E-state index contributed by atoms with van der Waals surface area (Å²) in [6, 6.07) is 14.6. The van der Waals surface area contributed by atoms with E-state index in [9.17, 15) is 0 Å². The maximum Gasteiger partial charge on any atom is 0.0418 e. The van der Waals surface area contributed by atoms with E-state index in [0.29, 0.717) is 6.04 Å². The van der Waals surface area contributed by atoms with Crippen molar-refractivity contribution in [3.63, 3.8) is 0 Å². The number of nitrogens with zero attached hydrogens (tertiary/aromatic N) is 1. The molecular weight excluding hydrogens is 270 g/mol. The predicted molar refractivity (Wildman–Crippen MR) is 86.4 cm³/mol. The Labute approximate surface area is 124 Å². The van der Waals surface area contributed by atoms with Crippen LogP contribution in [0.4, 0.5) is 11.4 Å². The number of hydrogen-bond donors (Lipinski definition) is 2. The molecular formula is C16H18ClN3. The van der Waals surface area contributed by atoms with E-state index in [2.05, 4.69) is 22.3 Å². The smallest absolute Gasteiger partial charge is 0.0418 e. The van der Waals surface area contributed by atoms with E-state index in [4.69, 9.17) is 17.3 Å². The van der Waals surface area contributed by atoms with Gasteiger partial charge in [0.2, 0.25) is 0 Å². The van der Waals surface area contributed by atoms with Crippen molar-refractivity contribution in [1.82, 2.24) is 5.32 Å². The second kappa shape index (κ2) is 5.35. The number of rotatable bonds is 3. The van der Waals surface area contributed by atoms with Gasteiger partial charge in [0.25, 0.3) is 0 Å². The van der Waals surface area contributed by atoms with Gasteiger partial charge in [0, 0.05) is 35.5 Å². The molecule has 0 unspecified atom stereocenters. The van der Waals surface area contributed by atoms with E-state index in [-0.39, 0.29) is 0 Å². The first-order valence-corrected chi connectivity index (χ1v) is 7.12. The molecule has 4 heteroatoms. The van der Waals surface area contributed by atoms with Crippen molar-refractivity contribution in [1.29, 1.82) is 0 Å². The average molecular weight is 288 g/mol.